The molecule has 1 heterocycles. The van der Waals surface area contributed by atoms with Gasteiger partial charge >= 0.3 is 0 Å². The van der Waals surface area contributed by atoms with E-state index in [2.05, 4.69) is 65.4 Å². The number of aromatic nitrogens is 1. The number of rotatable bonds is 7. The molecule has 0 spiro atoms. The lowest BCUT2D eigenvalue weighted by molar-refractivity contribution is -0.693. The van der Waals surface area contributed by atoms with Crippen LogP contribution in [0, 0.1) is 116 Å². The highest BCUT2D eigenvalue weighted by atomic mass is 32.2. The highest BCUT2D eigenvalue weighted by Gasteiger charge is 2.52. The SMILES string of the molecule is CSc1sc2ccccc2[n+]1Cc1ccccc1.Fc1c(F)c(F)c([B-](c2c(F)c(F)c(F)c(F)c2F)(c2c(F)c(F)c(F)c(F)c2F)c2c(F)c(F)c(F)c(F)c2F)c(F)c1F. The van der Waals surface area contributed by atoms with Crippen LogP contribution in [0.15, 0.2) is 58.9 Å². The van der Waals surface area contributed by atoms with Gasteiger partial charge in [0.1, 0.15) is 57.4 Å². The van der Waals surface area contributed by atoms with Crippen molar-refractivity contribution >= 4 is 61.3 Å². The van der Waals surface area contributed by atoms with Crippen LogP contribution in [0.3, 0.4) is 0 Å². The van der Waals surface area contributed by atoms with Crippen molar-refractivity contribution < 1.29 is 92.4 Å². The number of para-hydroxylation sites is 1. The van der Waals surface area contributed by atoms with E-state index in [0.717, 1.165) is 6.54 Å². The molecule has 0 saturated carbocycles. The summed E-state index contributed by atoms with van der Waals surface area (Å²) in [7, 11) is 0. The summed E-state index contributed by atoms with van der Waals surface area (Å²) in [5.41, 5.74) is -11.7. The fourth-order valence-electron chi connectivity index (χ4n) is 6.96. The number of thioether (sulfide) groups is 1. The van der Waals surface area contributed by atoms with Crippen molar-refractivity contribution in [2.75, 3.05) is 6.26 Å². The predicted octanol–water partition coefficient (Wildman–Crippen LogP) is 9.80. The van der Waals surface area contributed by atoms with E-state index in [9.17, 15) is 52.7 Å². The van der Waals surface area contributed by atoms with Crippen molar-refractivity contribution in [1.29, 1.82) is 0 Å². The predicted molar refractivity (Wildman–Crippen MR) is 189 cm³/mol. The topological polar surface area (TPSA) is 3.88 Å². The normalized spacial score (nSPS) is 11.7. The highest BCUT2D eigenvalue weighted by Crippen LogP contribution is 2.31. The fourth-order valence-corrected chi connectivity index (χ4v) is 8.83. The van der Waals surface area contributed by atoms with E-state index in [1.165, 1.54) is 20.1 Å². The maximum absolute atomic E-state index is 15.4. The molecule has 330 valence electrons. The molecule has 0 radical (unpaired) electrons. The molecule has 24 heteroatoms. The third kappa shape index (κ3) is 7.23. The van der Waals surface area contributed by atoms with E-state index in [4.69, 9.17) is 0 Å². The molecular weight excluding hydrogens is 937 g/mol. The van der Waals surface area contributed by atoms with Crippen LogP contribution >= 0.6 is 23.1 Å². The highest BCUT2D eigenvalue weighted by molar-refractivity contribution is 8.00. The number of nitrogens with zero attached hydrogens (tertiary/aromatic N) is 1. The quantitative estimate of drug-likeness (QED) is 0.0385. The molecule has 0 fully saturated rings. The number of fused-ring (bicyclic) bond motifs is 1. The van der Waals surface area contributed by atoms with Crippen LogP contribution in [0.2, 0.25) is 0 Å². The molecule has 7 aromatic rings. The summed E-state index contributed by atoms with van der Waals surface area (Å²) in [5, 5.41) is 0. The van der Waals surface area contributed by atoms with E-state index >= 15 is 35.1 Å². The van der Waals surface area contributed by atoms with Gasteiger partial charge in [-0.15, -0.1) is 21.9 Å². The zero-order valence-corrected chi connectivity index (χ0v) is 31.9. The molecule has 6 aromatic carbocycles. The lowest BCUT2D eigenvalue weighted by Gasteiger charge is -2.44. The molecular formula is C39H14BF20NS2. The first kappa shape index (κ1) is 46.7. The van der Waals surface area contributed by atoms with E-state index in [1.54, 1.807) is 0 Å². The molecule has 0 bridgehead atoms. The Morgan fingerprint density at radius 1 is 0.381 bits per heavy atom. The summed E-state index contributed by atoms with van der Waals surface area (Å²) in [4.78, 5) is 0. The van der Waals surface area contributed by atoms with Crippen molar-refractivity contribution in [3.63, 3.8) is 0 Å². The van der Waals surface area contributed by atoms with Crippen LogP contribution in [0.1, 0.15) is 5.56 Å². The molecule has 0 atom stereocenters. The zero-order valence-electron chi connectivity index (χ0n) is 30.3. The Labute approximate surface area is 346 Å². The first-order valence-corrected chi connectivity index (χ1v) is 18.9. The van der Waals surface area contributed by atoms with E-state index < -0.39 is 144 Å². The van der Waals surface area contributed by atoms with Crippen LogP contribution in [-0.4, -0.2) is 12.4 Å². The maximum atomic E-state index is 15.4. The molecule has 0 amide bonds. The lowest BCUT2D eigenvalue weighted by atomic mass is 9.12. The van der Waals surface area contributed by atoms with Crippen LogP contribution in [0.5, 0.6) is 0 Å². The Morgan fingerprint density at radius 2 is 0.651 bits per heavy atom. The van der Waals surface area contributed by atoms with Gasteiger partial charge in [0, 0.05) is 11.6 Å². The van der Waals surface area contributed by atoms with E-state index in [-0.39, 0.29) is 0 Å². The Morgan fingerprint density at radius 3 is 0.952 bits per heavy atom. The summed E-state index contributed by atoms with van der Waals surface area (Å²) < 4.78 is 299. The molecule has 7 rings (SSSR count). The molecule has 0 aliphatic heterocycles. The summed E-state index contributed by atoms with van der Waals surface area (Å²) >= 11 is 3.69. The number of hydrogen-bond donors (Lipinski definition) is 0. The van der Waals surface area contributed by atoms with Crippen LogP contribution < -0.4 is 26.4 Å². The largest absolute Gasteiger partial charge is 0.298 e. The Kier molecular flexibility index (Phi) is 12.9. The number of thiazole rings is 1. The van der Waals surface area contributed by atoms with Crippen molar-refractivity contribution in [3.05, 3.63) is 177 Å². The second-order valence-corrected chi connectivity index (χ2v) is 15.0. The van der Waals surface area contributed by atoms with Gasteiger partial charge in [0.25, 0.3) is 4.34 Å². The molecule has 0 aliphatic carbocycles. The second-order valence-electron chi connectivity index (χ2n) is 12.9. The van der Waals surface area contributed by atoms with E-state index in [1.807, 2.05) is 23.1 Å². The maximum Gasteiger partial charge on any atom is 0.298 e. The van der Waals surface area contributed by atoms with Gasteiger partial charge in [-0.2, -0.15) is 4.57 Å². The third-order valence-electron chi connectivity index (χ3n) is 9.64. The molecule has 63 heavy (non-hydrogen) atoms. The number of hydrogen-bond acceptors (Lipinski definition) is 2. The van der Waals surface area contributed by atoms with Crippen LogP contribution in [0.4, 0.5) is 87.8 Å². The van der Waals surface area contributed by atoms with Gasteiger partial charge < -0.3 is 0 Å². The summed E-state index contributed by atoms with van der Waals surface area (Å²) in [6.45, 7) is 0.945. The Hall–Kier alpha value is -5.78. The first-order valence-electron chi connectivity index (χ1n) is 16.8. The van der Waals surface area contributed by atoms with Crippen molar-refractivity contribution in [3.8, 4) is 0 Å². The standard InChI is InChI=1S/C24BF20.C15H14NS2/c26-5-1(6(27)14(35)21(42)13(5)34)25(2-7(28)15(36)22(43)16(37)8(2)29,3-9(30)17(38)23(44)18(39)10(3)31)4-11(32)19(40)24(45)20(41)12(4)33;1-17-15-16(11-12-7-3-2-4-8-12)13-9-5-6-10-14(13)18-15/h;2-10H,11H2,1H3/q-1;+1. The van der Waals surface area contributed by atoms with Gasteiger partial charge in [-0.25, -0.2) is 87.8 Å². The summed E-state index contributed by atoms with van der Waals surface area (Å²) in [6.07, 6.45) is -5.07. The van der Waals surface area contributed by atoms with Crippen molar-refractivity contribution in [2.45, 2.75) is 10.9 Å². The minimum absolute atomic E-state index is 0.945. The Balaban J connectivity index is 0.000000302. The van der Waals surface area contributed by atoms with Gasteiger partial charge in [-0.05, 0) is 24.1 Å². The summed E-state index contributed by atoms with van der Waals surface area (Å²) in [6, 6.07) is 19.3. The Bertz CT molecular complexity index is 2600. The van der Waals surface area contributed by atoms with Gasteiger partial charge in [0.15, 0.2) is 76.4 Å². The first-order chi connectivity index (χ1) is 29.6. The van der Waals surface area contributed by atoms with Gasteiger partial charge in [-0.3, -0.25) is 0 Å². The second kappa shape index (κ2) is 17.4. The smallest absolute Gasteiger partial charge is 0.207 e. The molecule has 0 N–H and O–H groups in total. The van der Waals surface area contributed by atoms with Crippen LogP contribution in [-0.2, 0) is 6.54 Å². The number of benzene rings is 6. The molecule has 1 aromatic heterocycles. The molecule has 0 saturated heterocycles. The van der Waals surface area contributed by atoms with Gasteiger partial charge in [-0.1, -0.05) is 53.8 Å². The van der Waals surface area contributed by atoms with E-state index in [0.29, 0.717) is 0 Å². The summed E-state index contributed by atoms with van der Waals surface area (Å²) in [5.74, 6) is -71.4. The van der Waals surface area contributed by atoms with Crippen molar-refractivity contribution in [2.24, 2.45) is 0 Å². The van der Waals surface area contributed by atoms with Crippen LogP contribution in [0.25, 0.3) is 10.2 Å². The van der Waals surface area contributed by atoms with Gasteiger partial charge in [0.05, 0.1) is 0 Å². The molecule has 1 nitrogen and oxygen atoms in total. The molecule has 0 unspecified atom stereocenters. The zero-order chi connectivity index (χ0) is 46.7. The average molecular weight is 951 g/mol. The average Bonchev–Trinajstić information content (AvgIpc) is 3.63. The monoisotopic (exact) mass is 951 g/mol. The lowest BCUT2D eigenvalue weighted by Crippen LogP contribution is -2.81. The fraction of sp³-hybridized carbons (Fsp3) is 0.0513. The minimum Gasteiger partial charge on any atom is -0.207 e. The molecule has 0 aliphatic rings. The third-order valence-corrected chi connectivity index (χ3v) is 11.9. The van der Waals surface area contributed by atoms with Crippen molar-refractivity contribution in [1.82, 2.24) is 0 Å². The number of halogens is 20. The minimum atomic E-state index is -7.22. The van der Waals surface area contributed by atoms with Gasteiger partial charge in [0.2, 0.25) is 5.52 Å².